The Morgan fingerprint density at radius 2 is 2.29 bits per heavy atom. The molecular weight excluding hydrogens is 399 g/mol. The summed E-state index contributed by atoms with van der Waals surface area (Å²) in [6.07, 6.45) is 0.682. The Balaban J connectivity index is 1.82. The number of carbonyl (C=O) groups excluding carboxylic acids is 1. The monoisotopic (exact) mass is 412 g/mol. The molecule has 2 aromatic rings. The van der Waals surface area contributed by atoms with Crippen LogP contribution in [0.5, 0.6) is 0 Å². The van der Waals surface area contributed by atoms with Crippen LogP contribution in [0.25, 0.3) is 0 Å². The van der Waals surface area contributed by atoms with Crippen molar-refractivity contribution in [3.63, 3.8) is 0 Å². The van der Waals surface area contributed by atoms with Gasteiger partial charge in [-0.3, -0.25) is 9.78 Å². The molecule has 1 aliphatic rings. The number of carbonyl (C=O) groups is 1. The van der Waals surface area contributed by atoms with Crippen molar-refractivity contribution >= 4 is 33.4 Å². The predicted molar refractivity (Wildman–Crippen MR) is 92.2 cm³/mol. The SMILES string of the molecule is O=C(NCc1cc(Br)ccc1Cl)[C@]1(F)CC[C@H](O)c2ncccc21. The third-order valence-corrected chi connectivity index (χ3v) is 5.01. The molecule has 0 bridgehead atoms. The second-order valence-corrected chi connectivity index (χ2v) is 7.03. The molecule has 1 aromatic carbocycles. The van der Waals surface area contributed by atoms with E-state index in [0.29, 0.717) is 10.6 Å². The van der Waals surface area contributed by atoms with Gasteiger partial charge in [-0.05, 0) is 42.7 Å². The molecule has 2 atom stereocenters. The Morgan fingerprint density at radius 3 is 3.08 bits per heavy atom. The average Bonchev–Trinajstić information content (AvgIpc) is 2.59. The Labute approximate surface area is 152 Å². The Morgan fingerprint density at radius 1 is 1.50 bits per heavy atom. The smallest absolute Gasteiger partial charge is 0.262 e. The van der Waals surface area contributed by atoms with E-state index in [1.54, 1.807) is 24.3 Å². The molecule has 0 unspecified atom stereocenters. The zero-order valence-electron chi connectivity index (χ0n) is 12.6. The summed E-state index contributed by atoms with van der Waals surface area (Å²) in [6.45, 7) is 0.112. The van der Waals surface area contributed by atoms with Crippen molar-refractivity contribution < 1.29 is 14.3 Å². The lowest BCUT2D eigenvalue weighted by Crippen LogP contribution is -2.44. The van der Waals surface area contributed by atoms with Gasteiger partial charge in [0.15, 0.2) is 0 Å². The number of fused-ring (bicyclic) bond motifs is 1. The van der Waals surface area contributed by atoms with Crippen LogP contribution in [0.1, 0.15) is 35.8 Å². The highest BCUT2D eigenvalue weighted by atomic mass is 79.9. The van der Waals surface area contributed by atoms with Crippen molar-refractivity contribution in [3.05, 3.63) is 62.8 Å². The van der Waals surface area contributed by atoms with E-state index in [9.17, 15) is 9.90 Å². The number of hydrogen-bond donors (Lipinski definition) is 2. The van der Waals surface area contributed by atoms with Gasteiger partial charge in [0.2, 0.25) is 5.67 Å². The molecule has 1 aliphatic carbocycles. The number of benzene rings is 1. The molecule has 7 heteroatoms. The number of aromatic nitrogens is 1. The lowest BCUT2D eigenvalue weighted by Gasteiger charge is -2.32. The third-order valence-electron chi connectivity index (χ3n) is 4.15. The van der Waals surface area contributed by atoms with Gasteiger partial charge in [0.25, 0.3) is 5.91 Å². The standard InChI is InChI=1S/C17H15BrClFN2O2/c18-11-3-4-13(19)10(8-11)9-22-16(24)17(20)6-5-14(23)15-12(17)2-1-7-21-15/h1-4,7-8,14,23H,5-6,9H2,(H,22,24)/t14-,17-/m0/s1. The summed E-state index contributed by atoms with van der Waals surface area (Å²) >= 11 is 9.43. The van der Waals surface area contributed by atoms with Gasteiger partial charge < -0.3 is 10.4 Å². The van der Waals surface area contributed by atoms with Gasteiger partial charge in [-0.15, -0.1) is 0 Å². The van der Waals surface area contributed by atoms with Crippen LogP contribution in [0, 0.1) is 0 Å². The molecule has 4 nitrogen and oxygen atoms in total. The molecule has 0 aliphatic heterocycles. The predicted octanol–water partition coefficient (Wildman–Crippen LogP) is 3.81. The van der Waals surface area contributed by atoms with Gasteiger partial charge in [0.1, 0.15) is 0 Å². The fourth-order valence-electron chi connectivity index (χ4n) is 2.86. The van der Waals surface area contributed by atoms with Gasteiger partial charge >= 0.3 is 0 Å². The summed E-state index contributed by atoms with van der Waals surface area (Å²) in [5.74, 6) is -0.750. The Bertz CT molecular complexity index is 789. The first-order valence-electron chi connectivity index (χ1n) is 7.46. The van der Waals surface area contributed by atoms with Crippen LogP contribution >= 0.6 is 27.5 Å². The van der Waals surface area contributed by atoms with E-state index in [0.717, 1.165) is 4.47 Å². The van der Waals surface area contributed by atoms with Crippen LogP contribution < -0.4 is 5.32 Å². The molecular formula is C17H15BrClFN2O2. The first-order valence-corrected chi connectivity index (χ1v) is 8.63. The van der Waals surface area contributed by atoms with Gasteiger partial charge in [0.05, 0.1) is 11.8 Å². The first-order chi connectivity index (χ1) is 11.4. The summed E-state index contributed by atoms with van der Waals surface area (Å²) < 4.78 is 16.2. The fourth-order valence-corrected chi connectivity index (χ4v) is 3.45. The van der Waals surface area contributed by atoms with Crippen LogP contribution in [0.4, 0.5) is 4.39 Å². The number of halogens is 3. The number of aliphatic hydroxyl groups is 1. The number of pyridine rings is 1. The van der Waals surface area contributed by atoms with E-state index >= 15 is 4.39 Å². The van der Waals surface area contributed by atoms with Gasteiger partial charge in [0, 0.05) is 27.8 Å². The maximum absolute atomic E-state index is 15.4. The highest BCUT2D eigenvalue weighted by Gasteiger charge is 2.46. The number of hydrogen-bond acceptors (Lipinski definition) is 3. The molecule has 1 heterocycles. The molecule has 0 fully saturated rings. The Hall–Kier alpha value is -1.50. The lowest BCUT2D eigenvalue weighted by molar-refractivity contribution is -0.135. The zero-order valence-corrected chi connectivity index (χ0v) is 14.9. The summed E-state index contributed by atoms with van der Waals surface area (Å²) in [5.41, 5.74) is -1.17. The largest absolute Gasteiger partial charge is 0.387 e. The van der Waals surface area contributed by atoms with Crippen molar-refractivity contribution in [3.8, 4) is 0 Å². The highest BCUT2D eigenvalue weighted by molar-refractivity contribution is 9.10. The summed E-state index contributed by atoms with van der Waals surface area (Å²) in [7, 11) is 0. The van der Waals surface area contributed by atoms with Gasteiger partial charge in [-0.1, -0.05) is 33.6 Å². The number of alkyl halides is 1. The molecule has 2 N–H and O–H groups in total. The summed E-state index contributed by atoms with van der Waals surface area (Å²) in [6, 6.07) is 8.32. The molecule has 0 spiro atoms. The van der Waals surface area contributed by atoms with Crippen LogP contribution in [-0.2, 0) is 17.0 Å². The van der Waals surface area contributed by atoms with Crippen LogP contribution in [-0.4, -0.2) is 16.0 Å². The quantitative estimate of drug-likeness (QED) is 0.804. The third kappa shape index (κ3) is 3.18. The molecule has 3 rings (SSSR count). The summed E-state index contributed by atoms with van der Waals surface area (Å²) in [4.78, 5) is 16.5. The van der Waals surface area contributed by atoms with Gasteiger partial charge in [-0.25, -0.2) is 4.39 Å². The number of aliphatic hydroxyl groups excluding tert-OH is 1. The number of amides is 1. The van der Waals surface area contributed by atoms with Crippen molar-refractivity contribution in [1.29, 1.82) is 0 Å². The molecule has 0 saturated heterocycles. The topological polar surface area (TPSA) is 62.2 Å². The molecule has 126 valence electrons. The zero-order chi connectivity index (χ0) is 17.3. The van der Waals surface area contributed by atoms with Crippen LogP contribution in [0.15, 0.2) is 41.0 Å². The normalized spacial score (nSPS) is 22.8. The molecule has 0 saturated carbocycles. The minimum atomic E-state index is -2.21. The number of rotatable bonds is 3. The van der Waals surface area contributed by atoms with E-state index in [2.05, 4.69) is 26.2 Å². The minimum Gasteiger partial charge on any atom is -0.387 e. The molecule has 0 radical (unpaired) electrons. The maximum atomic E-state index is 15.4. The van der Waals surface area contributed by atoms with Crippen molar-refractivity contribution in [1.82, 2.24) is 10.3 Å². The van der Waals surface area contributed by atoms with Gasteiger partial charge in [-0.2, -0.15) is 0 Å². The average molecular weight is 414 g/mol. The van der Waals surface area contributed by atoms with E-state index in [1.807, 2.05) is 0 Å². The molecule has 1 amide bonds. The highest BCUT2D eigenvalue weighted by Crippen LogP contribution is 2.42. The number of nitrogens with zero attached hydrogens (tertiary/aromatic N) is 1. The maximum Gasteiger partial charge on any atom is 0.262 e. The number of nitrogens with one attached hydrogen (secondary N) is 1. The summed E-state index contributed by atoms with van der Waals surface area (Å²) in [5, 5.41) is 13.1. The Kier molecular flexibility index (Phi) is 4.90. The lowest BCUT2D eigenvalue weighted by atomic mass is 9.81. The fraction of sp³-hybridized carbons (Fsp3) is 0.294. The molecule has 24 heavy (non-hydrogen) atoms. The minimum absolute atomic E-state index is 0.0924. The van der Waals surface area contributed by atoms with Crippen LogP contribution in [0.3, 0.4) is 0 Å². The van der Waals surface area contributed by atoms with E-state index in [1.165, 1.54) is 12.3 Å². The van der Waals surface area contributed by atoms with Crippen molar-refractivity contribution in [2.75, 3.05) is 0 Å². The van der Waals surface area contributed by atoms with E-state index < -0.39 is 17.7 Å². The van der Waals surface area contributed by atoms with Crippen molar-refractivity contribution in [2.45, 2.75) is 31.2 Å². The van der Waals surface area contributed by atoms with Crippen molar-refractivity contribution in [2.24, 2.45) is 0 Å². The van der Waals surface area contributed by atoms with E-state index in [-0.39, 0.29) is 30.6 Å². The second-order valence-electron chi connectivity index (χ2n) is 5.71. The first kappa shape index (κ1) is 17.3. The molecule has 1 aromatic heterocycles. The van der Waals surface area contributed by atoms with Crippen LogP contribution in [0.2, 0.25) is 5.02 Å². The second kappa shape index (κ2) is 6.78. The van der Waals surface area contributed by atoms with E-state index in [4.69, 9.17) is 11.6 Å².